The van der Waals surface area contributed by atoms with Crippen LogP contribution in [0.1, 0.15) is 51.2 Å². The molecule has 2 rings (SSSR count). The number of aliphatic hydroxyl groups is 1. The first-order chi connectivity index (χ1) is 10.2. The van der Waals surface area contributed by atoms with Gasteiger partial charge in [-0.15, -0.1) is 24.0 Å². The minimum atomic E-state index is -1.04. The number of guanidine groups is 1. The average Bonchev–Trinajstić information content (AvgIpc) is 2.82. The monoisotopic (exact) mass is 435 g/mol. The van der Waals surface area contributed by atoms with Gasteiger partial charge in [0.05, 0.1) is 6.54 Å². The molecule has 0 aromatic carbocycles. The number of furan rings is 1. The predicted octanol–water partition coefficient (Wildman–Crippen LogP) is 3.08. The smallest absolute Gasteiger partial charge is 0.191 e. The fourth-order valence-electron chi connectivity index (χ4n) is 2.68. The number of nitrogens with one attached hydrogen (secondary N) is 2. The van der Waals surface area contributed by atoms with Gasteiger partial charge in [-0.25, -0.2) is 4.99 Å². The molecule has 0 radical (unpaired) electrons. The summed E-state index contributed by atoms with van der Waals surface area (Å²) >= 11 is 0. The second kappa shape index (κ2) is 7.42. The van der Waals surface area contributed by atoms with Gasteiger partial charge < -0.3 is 20.2 Å². The van der Waals surface area contributed by atoms with Gasteiger partial charge in [0.15, 0.2) is 5.96 Å². The van der Waals surface area contributed by atoms with Crippen molar-refractivity contribution in [3.8, 4) is 0 Å². The molecule has 23 heavy (non-hydrogen) atoms. The van der Waals surface area contributed by atoms with Crippen LogP contribution in [-0.2, 0) is 5.60 Å². The molecule has 0 aliphatic heterocycles. The second-order valence-corrected chi connectivity index (χ2v) is 7.19. The third-order valence-electron chi connectivity index (χ3n) is 4.33. The summed E-state index contributed by atoms with van der Waals surface area (Å²) in [4.78, 5) is 4.56. The molecule has 6 heteroatoms. The normalized spacial score (nSPS) is 22.0. The van der Waals surface area contributed by atoms with Gasteiger partial charge >= 0.3 is 0 Å². The van der Waals surface area contributed by atoms with Crippen molar-refractivity contribution in [3.05, 3.63) is 23.2 Å². The number of aryl methyl sites for hydroxylation is 2. The van der Waals surface area contributed by atoms with E-state index >= 15 is 0 Å². The summed E-state index contributed by atoms with van der Waals surface area (Å²) in [6.45, 7) is 13.1. The van der Waals surface area contributed by atoms with Crippen LogP contribution in [0, 0.1) is 19.3 Å². The van der Waals surface area contributed by atoms with Crippen LogP contribution >= 0.6 is 24.0 Å². The molecule has 2 unspecified atom stereocenters. The molecule has 0 saturated heterocycles. The maximum absolute atomic E-state index is 10.7. The zero-order chi connectivity index (χ0) is 16.5. The maximum atomic E-state index is 10.7. The maximum Gasteiger partial charge on any atom is 0.191 e. The molecule has 3 N–H and O–H groups in total. The van der Waals surface area contributed by atoms with E-state index in [1.807, 2.05) is 26.8 Å². The molecule has 1 heterocycles. The molecule has 132 valence electrons. The number of halogens is 1. The van der Waals surface area contributed by atoms with Crippen molar-refractivity contribution in [2.24, 2.45) is 10.4 Å². The molecule has 0 spiro atoms. The van der Waals surface area contributed by atoms with Gasteiger partial charge in [0.25, 0.3) is 0 Å². The molecule has 1 fully saturated rings. The summed E-state index contributed by atoms with van der Waals surface area (Å²) in [6, 6.07) is 2.34. The Morgan fingerprint density at radius 3 is 2.52 bits per heavy atom. The van der Waals surface area contributed by atoms with Crippen molar-refractivity contribution < 1.29 is 9.52 Å². The lowest BCUT2D eigenvalue weighted by atomic mass is 9.96. The van der Waals surface area contributed by atoms with E-state index in [0.29, 0.717) is 11.5 Å². The van der Waals surface area contributed by atoms with Crippen LogP contribution in [0.15, 0.2) is 15.5 Å². The fraction of sp³-hybridized carbons (Fsp3) is 0.706. The fourth-order valence-corrected chi connectivity index (χ4v) is 2.68. The molecule has 1 aromatic rings. The van der Waals surface area contributed by atoms with Gasteiger partial charge in [-0.05, 0) is 45.6 Å². The van der Waals surface area contributed by atoms with E-state index in [2.05, 4.69) is 29.5 Å². The SMILES string of the molecule is CCNC(=NCC(C)(O)c1cc(C)oc1C)NC1CC1(C)C.I. The summed E-state index contributed by atoms with van der Waals surface area (Å²) in [5.74, 6) is 2.32. The zero-order valence-corrected chi connectivity index (χ0v) is 17.3. The highest BCUT2D eigenvalue weighted by atomic mass is 127. The predicted molar refractivity (Wildman–Crippen MR) is 104 cm³/mol. The Labute approximate surface area is 156 Å². The van der Waals surface area contributed by atoms with Gasteiger partial charge in [-0.2, -0.15) is 0 Å². The highest BCUT2D eigenvalue weighted by Crippen LogP contribution is 2.44. The Morgan fingerprint density at radius 2 is 2.09 bits per heavy atom. The van der Waals surface area contributed by atoms with Crippen molar-refractivity contribution in [2.45, 2.75) is 59.6 Å². The first kappa shape index (κ1) is 20.3. The van der Waals surface area contributed by atoms with E-state index in [0.717, 1.165) is 36.0 Å². The Morgan fingerprint density at radius 1 is 1.48 bits per heavy atom. The molecule has 1 aliphatic rings. The summed E-state index contributed by atoms with van der Waals surface area (Å²) in [6.07, 6.45) is 1.15. The quantitative estimate of drug-likeness (QED) is 0.378. The van der Waals surface area contributed by atoms with Gasteiger partial charge in [0.1, 0.15) is 17.1 Å². The third kappa shape index (κ3) is 5.11. The lowest BCUT2D eigenvalue weighted by Gasteiger charge is -2.22. The van der Waals surface area contributed by atoms with Crippen molar-refractivity contribution in [1.82, 2.24) is 10.6 Å². The summed E-state index contributed by atoms with van der Waals surface area (Å²) in [5.41, 5.74) is 0.0941. The van der Waals surface area contributed by atoms with Crippen LogP contribution in [0.25, 0.3) is 0 Å². The molecule has 1 aliphatic carbocycles. The van der Waals surface area contributed by atoms with Crippen molar-refractivity contribution in [2.75, 3.05) is 13.1 Å². The standard InChI is InChI=1S/C17H29N3O2.HI/c1-7-18-15(20-14-9-16(14,4)5)19-10-17(6,21)13-8-11(2)22-12(13)3;/h8,14,21H,7,9-10H2,1-6H3,(H2,18,19,20);1H. The second-order valence-electron chi connectivity index (χ2n) is 7.19. The largest absolute Gasteiger partial charge is 0.466 e. The van der Waals surface area contributed by atoms with Gasteiger partial charge in [-0.3, -0.25) is 0 Å². The highest BCUT2D eigenvalue weighted by molar-refractivity contribution is 14.0. The molecule has 2 atom stereocenters. The van der Waals surface area contributed by atoms with Crippen LogP contribution in [0.4, 0.5) is 0 Å². The topological polar surface area (TPSA) is 69.8 Å². The van der Waals surface area contributed by atoms with Crippen LogP contribution in [0.3, 0.4) is 0 Å². The van der Waals surface area contributed by atoms with E-state index in [-0.39, 0.29) is 30.5 Å². The van der Waals surface area contributed by atoms with Gasteiger partial charge in [0, 0.05) is 18.2 Å². The van der Waals surface area contributed by atoms with Crippen LogP contribution < -0.4 is 10.6 Å². The Kier molecular flexibility index (Phi) is 6.55. The minimum Gasteiger partial charge on any atom is -0.466 e. The van der Waals surface area contributed by atoms with E-state index in [1.54, 1.807) is 6.92 Å². The lowest BCUT2D eigenvalue weighted by molar-refractivity contribution is 0.0657. The molecule has 1 aromatic heterocycles. The molecule has 1 saturated carbocycles. The van der Waals surface area contributed by atoms with Crippen molar-refractivity contribution >= 4 is 29.9 Å². The molecule has 0 amide bonds. The Hall–Kier alpha value is -0.760. The Bertz CT molecular complexity index is 564. The molecule has 0 bridgehead atoms. The van der Waals surface area contributed by atoms with E-state index in [1.165, 1.54) is 0 Å². The molecular formula is C17H30IN3O2. The first-order valence-electron chi connectivity index (χ1n) is 8.00. The summed E-state index contributed by atoms with van der Waals surface area (Å²) < 4.78 is 5.52. The Balaban J connectivity index is 0.00000264. The minimum absolute atomic E-state index is 0. The van der Waals surface area contributed by atoms with E-state index in [4.69, 9.17) is 4.42 Å². The van der Waals surface area contributed by atoms with Gasteiger partial charge in [-0.1, -0.05) is 13.8 Å². The molecular weight excluding hydrogens is 405 g/mol. The number of hydrogen-bond acceptors (Lipinski definition) is 3. The van der Waals surface area contributed by atoms with Crippen LogP contribution in [-0.4, -0.2) is 30.2 Å². The number of aliphatic imine (C=N–C) groups is 1. The van der Waals surface area contributed by atoms with Crippen molar-refractivity contribution in [1.29, 1.82) is 0 Å². The number of nitrogens with zero attached hydrogens (tertiary/aromatic N) is 1. The van der Waals surface area contributed by atoms with E-state index < -0.39 is 5.60 Å². The number of rotatable bonds is 5. The van der Waals surface area contributed by atoms with Crippen LogP contribution in [0.2, 0.25) is 0 Å². The average molecular weight is 435 g/mol. The third-order valence-corrected chi connectivity index (χ3v) is 4.33. The highest BCUT2D eigenvalue weighted by Gasteiger charge is 2.46. The lowest BCUT2D eigenvalue weighted by Crippen LogP contribution is -2.41. The summed E-state index contributed by atoms with van der Waals surface area (Å²) in [5, 5.41) is 17.4. The summed E-state index contributed by atoms with van der Waals surface area (Å²) in [7, 11) is 0. The van der Waals surface area contributed by atoms with Crippen molar-refractivity contribution in [3.63, 3.8) is 0 Å². The number of hydrogen-bond donors (Lipinski definition) is 3. The van der Waals surface area contributed by atoms with Gasteiger partial charge in [0.2, 0.25) is 0 Å². The van der Waals surface area contributed by atoms with Crippen LogP contribution in [0.5, 0.6) is 0 Å². The van der Waals surface area contributed by atoms with E-state index in [9.17, 15) is 5.11 Å². The first-order valence-corrected chi connectivity index (χ1v) is 8.00. The molecule has 5 nitrogen and oxygen atoms in total. The zero-order valence-electron chi connectivity index (χ0n) is 15.0.